The highest BCUT2D eigenvalue weighted by atomic mass is 16.5. The second-order valence-corrected chi connectivity index (χ2v) is 6.34. The van der Waals surface area contributed by atoms with Crippen LogP contribution in [-0.4, -0.2) is 29.6 Å². The predicted molar refractivity (Wildman–Crippen MR) is 96.8 cm³/mol. The topological polar surface area (TPSA) is 80.8 Å². The molecule has 3 rings (SSSR count). The van der Waals surface area contributed by atoms with Crippen molar-refractivity contribution in [1.29, 1.82) is 0 Å². The van der Waals surface area contributed by atoms with E-state index in [2.05, 4.69) is 10.3 Å². The molecule has 1 aromatic heterocycles. The number of methoxy groups -OCH3 is 1. The van der Waals surface area contributed by atoms with E-state index in [4.69, 9.17) is 9.47 Å². The van der Waals surface area contributed by atoms with Gasteiger partial charge in [0.2, 0.25) is 5.88 Å². The number of aromatic nitrogens is 1. The van der Waals surface area contributed by atoms with Crippen LogP contribution in [0.2, 0.25) is 0 Å². The molecule has 2 aromatic rings. The van der Waals surface area contributed by atoms with Crippen LogP contribution in [0.4, 0.5) is 10.5 Å². The molecule has 7 heteroatoms. The zero-order valence-corrected chi connectivity index (χ0v) is 15.2. The number of imide groups is 1. The van der Waals surface area contributed by atoms with Crippen LogP contribution < -0.4 is 19.7 Å². The molecular weight excluding hydrogens is 334 g/mol. The van der Waals surface area contributed by atoms with Gasteiger partial charge in [-0.1, -0.05) is 13.0 Å². The van der Waals surface area contributed by atoms with E-state index in [1.807, 2.05) is 19.9 Å². The Morgan fingerprint density at radius 2 is 2.00 bits per heavy atom. The number of nitrogens with zero attached hydrogens (tertiary/aromatic N) is 2. The quantitative estimate of drug-likeness (QED) is 0.831. The molecule has 0 saturated carbocycles. The molecule has 1 fully saturated rings. The first kappa shape index (κ1) is 17.7. The van der Waals surface area contributed by atoms with E-state index >= 15 is 0 Å². The van der Waals surface area contributed by atoms with Crippen LogP contribution in [-0.2, 0) is 4.79 Å². The third-order valence-corrected chi connectivity index (χ3v) is 4.55. The van der Waals surface area contributed by atoms with Crippen molar-refractivity contribution in [3.05, 3.63) is 42.1 Å². The standard InChI is InChI=1S/C19H21N3O4/c1-5-19(3)17(23)22(18(24)21-19)13-8-9-20-16(10-13)26-14-7-6-12(2)15(11-14)25-4/h6-11H,5H2,1-4H3,(H,21,24)/t19-/m0/s1. The number of anilines is 1. The molecule has 0 spiro atoms. The molecule has 1 aliphatic rings. The van der Waals surface area contributed by atoms with E-state index < -0.39 is 11.6 Å². The van der Waals surface area contributed by atoms with E-state index in [1.165, 1.54) is 6.20 Å². The largest absolute Gasteiger partial charge is 0.496 e. The van der Waals surface area contributed by atoms with Crippen molar-refractivity contribution in [3.63, 3.8) is 0 Å². The van der Waals surface area contributed by atoms with Gasteiger partial charge in [-0.25, -0.2) is 14.7 Å². The number of benzene rings is 1. The van der Waals surface area contributed by atoms with Gasteiger partial charge in [0.25, 0.3) is 5.91 Å². The van der Waals surface area contributed by atoms with Gasteiger partial charge in [-0.2, -0.15) is 0 Å². The number of aryl methyl sites for hydroxylation is 1. The summed E-state index contributed by atoms with van der Waals surface area (Å²) < 4.78 is 11.0. The van der Waals surface area contributed by atoms with Gasteiger partial charge in [0.15, 0.2) is 0 Å². The average Bonchev–Trinajstić information content (AvgIpc) is 2.86. The Balaban J connectivity index is 1.87. The van der Waals surface area contributed by atoms with Gasteiger partial charge in [0.1, 0.15) is 17.0 Å². The Hall–Kier alpha value is -3.09. The van der Waals surface area contributed by atoms with Gasteiger partial charge < -0.3 is 14.8 Å². The monoisotopic (exact) mass is 355 g/mol. The molecule has 0 aliphatic carbocycles. The summed E-state index contributed by atoms with van der Waals surface area (Å²) in [5.41, 5.74) is 0.500. The predicted octanol–water partition coefficient (Wildman–Crippen LogP) is 3.42. The minimum atomic E-state index is -0.897. The van der Waals surface area contributed by atoms with E-state index in [0.29, 0.717) is 23.6 Å². The lowest BCUT2D eigenvalue weighted by Crippen LogP contribution is -2.43. The van der Waals surface area contributed by atoms with Gasteiger partial charge in [-0.05, 0) is 38.0 Å². The first-order chi connectivity index (χ1) is 12.4. The Morgan fingerprint density at radius 1 is 1.23 bits per heavy atom. The number of urea groups is 1. The van der Waals surface area contributed by atoms with E-state index in [0.717, 1.165) is 10.5 Å². The van der Waals surface area contributed by atoms with Gasteiger partial charge >= 0.3 is 6.03 Å². The number of ether oxygens (including phenoxy) is 2. The van der Waals surface area contributed by atoms with E-state index in [1.54, 1.807) is 38.3 Å². The van der Waals surface area contributed by atoms with Crippen molar-refractivity contribution in [2.24, 2.45) is 0 Å². The molecule has 1 aromatic carbocycles. The summed E-state index contributed by atoms with van der Waals surface area (Å²) in [4.78, 5) is 30.2. The maximum atomic E-state index is 12.6. The van der Waals surface area contributed by atoms with Gasteiger partial charge in [0, 0.05) is 18.3 Å². The fourth-order valence-corrected chi connectivity index (χ4v) is 2.74. The summed E-state index contributed by atoms with van der Waals surface area (Å²) in [6.45, 7) is 5.50. The molecular formula is C19H21N3O4. The summed E-state index contributed by atoms with van der Waals surface area (Å²) in [7, 11) is 1.59. The molecule has 1 atom stereocenters. The number of amides is 3. The van der Waals surface area contributed by atoms with Gasteiger partial charge in [-0.15, -0.1) is 0 Å². The number of carbonyl (C=O) groups is 2. The lowest BCUT2D eigenvalue weighted by atomic mass is 9.99. The first-order valence-electron chi connectivity index (χ1n) is 8.33. The summed E-state index contributed by atoms with van der Waals surface area (Å²) in [5, 5.41) is 2.73. The molecule has 136 valence electrons. The highest BCUT2D eigenvalue weighted by Crippen LogP contribution is 2.31. The van der Waals surface area contributed by atoms with Crippen LogP contribution >= 0.6 is 0 Å². The number of carbonyl (C=O) groups excluding carboxylic acids is 2. The van der Waals surface area contributed by atoms with Crippen molar-refractivity contribution >= 4 is 17.6 Å². The third-order valence-electron chi connectivity index (χ3n) is 4.55. The van der Waals surface area contributed by atoms with Crippen molar-refractivity contribution in [1.82, 2.24) is 10.3 Å². The molecule has 1 aliphatic heterocycles. The summed E-state index contributed by atoms with van der Waals surface area (Å²) in [6, 6.07) is 8.14. The average molecular weight is 355 g/mol. The van der Waals surface area contributed by atoms with Crippen molar-refractivity contribution in [2.45, 2.75) is 32.7 Å². The number of hydrogen-bond donors (Lipinski definition) is 1. The highest BCUT2D eigenvalue weighted by Gasteiger charge is 2.47. The van der Waals surface area contributed by atoms with Crippen LogP contribution in [0.15, 0.2) is 36.5 Å². The number of rotatable bonds is 5. The molecule has 1 saturated heterocycles. The lowest BCUT2D eigenvalue weighted by Gasteiger charge is -2.19. The second kappa shape index (κ2) is 6.67. The normalized spacial score (nSPS) is 19.5. The Morgan fingerprint density at radius 3 is 2.65 bits per heavy atom. The molecule has 3 amide bonds. The van der Waals surface area contributed by atoms with Crippen LogP contribution in [0.3, 0.4) is 0 Å². The molecule has 7 nitrogen and oxygen atoms in total. The molecule has 0 unspecified atom stereocenters. The SMILES string of the molecule is CC[C@]1(C)NC(=O)N(c2ccnc(Oc3ccc(C)c(OC)c3)c2)C1=O. The molecule has 0 bridgehead atoms. The number of nitrogens with one attached hydrogen (secondary N) is 1. The Labute approximate surface area is 151 Å². The minimum Gasteiger partial charge on any atom is -0.496 e. The van der Waals surface area contributed by atoms with Gasteiger partial charge in [-0.3, -0.25) is 4.79 Å². The van der Waals surface area contributed by atoms with E-state index in [-0.39, 0.29) is 11.8 Å². The van der Waals surface area contributed by atoms with E-state index in [9.17, 15) is 9.59 Å². The molecule has 0 radical (unpaired) electrons. The molecule has 26 heavy (non-hydrogen) atoms. The fourth-order valence-electron chi connectivity index (χ4n) is 2.74. The van der Waals surface area contributed by atoms with Crippen LogP contribution in [0, 0.1) is 6.92 Å². The molecule has 1 N–H and O–H groups in total. The van der Waals surface area contributed by atoms with Crippen molar-refractivity contribution in [3.8, 4) is 17.4 Å². The zero-order chi connectivity index (χ0) is 18.9. The Kier molecular flexibility index (Phi) is 4.54. The summed E-state index contributed by atoms with van der Waals surface area (Å²) >= 11 is 0. The van der Waals surface area contributed by atoms with Crippen molar-refractivity contribution in [2.75, 3.05) is 12.0 Å². The summed E-state index contributed by atoms with van der Waals surface area (Å²) in [5.74, 6) is 1.23. The minimum absolute atomic E-state index is 0.277. The maximum absolute atomic E-state index is 12.6. The van der Waals surface area contributed by atoms with Crippen LogP contribution in [0.25, 0.3) is 0 Å². The highest BCUT2D eigenvalue weighted by molar-refractivity contribution is 6.23. The van der Waals surface area contributed by atoms with Crippen LogP contribution in [0.1, 0.15) is 25.8 Å². The van der Waals surface area contributed by atoms with Gasteiger partial charge in [0.05, 0.1) is 12.8 Å². The second-order valence-electron chi connectivity index (χ2n) is 6.34. The zero-order valence-electron chi connectivity index (χ0n) is 15.2. The lowest BCUT2D eigenvalue weighted by molar-refractivity contribution is -0.121. The third kappa shape index (κ3) is 3.08. The first-order valence-corrected chi connectivity index (χ1v) is 8.33. The molecule has 2 heterocycles. The van der Waals surface area contributed by atoms with Crippen LogP contribution in [0.5, 0.6) is 17.4 Å². The maximum Gasteiger partial charge on any atom is 0.329 e. The smallest absolute Gasteiger partial charge is 0.329 e. The van der Waals surface area contributed by atoms with Crippen molar-refractivity contribution < 1.29 is 19.1 Å². The fraction of sp³-hybridized carbons (Fsp3) is 0.316. The summed E-state index contributed by atoms with van der Waals surface area (Å²) in [6.07, 6.45) is 2.00. The number of hydrogen-bond acceptors (Lipinski definition) is 5. The Bertz CT molecular complexity index is 868. The number of pyridine rings is 1.